The van der Waals surface area contributed by atoms with Crippen molar-refractivity contribution in [3.05, 3.63) is 0 Å². The summed E-state index contributed by atoms with van der Waals surface area (Å²) in [6.45, 7) is 34.8. The van der Waals surface area contributed by atoms with Gasteiger partial charge in [0.05, 0.1) is 0 Å². The first-order valence-corrected chi connectivity index (χ1v) is 19.1. The highest BCUT2D eigenvalue weighted by atomic mass is 14.7. The highest BCUT2D eigenvalue weighted by Gasteiger charge is 2.69. The number of hydrogen-bond donors (Lipinski definition) is 0. The minimum atomic E-state index is 0.451. The average Bonchev–Trinajstić information content (AvgIpc) is 2.85. The Morgan fingerprint density at radius 2 is 1.41 bits per heavy atom. The monoisotopic (exact) mass is 567 g/mol. The molecule has 0 aromatic heterocycles. The summed E-state index contributed by atoms with van der Waals surface area (Å²) in [5, 5.41) is 0. The van der Waals surface area contributed by atoms with Gasteiger partial charge in [-0.2, -0.15) is 0 Å². The molecule has 0 saturated heterocycles. The fourth-order valence-corrected chi connectivity index (χ4v) is 15.3. The van der Waals surface area contributed by atoms with Crippen LogP contribution in [0.5, 0.6) is 0 Å². The Kier molecular flexibility index (Phi) is 9.02. The van der Waals surface area contributed by atoms with Gasteiger partial charge in [0, 0.05) is 0 Å². The molecule has 0 N–H and O–H groups in total. The van der Waals surface area contributed by atoms with E-state index in [9.17, 15) is 0 Å². The smallest absolute Gasteiger partial charge is 0.0215 e. The molecule has 5 aliphatic rings. The van der Waals surface area contributed by atoms with E-state index in [1.165, 1.54) is 64.2 Å². The van der Waals surface area contributed by atoms with E-state index >= 15 is 0 Å². The summed E-state index contributed by atoms with van der Waals surface area (Å²) in [4.78, 5) is 0. The molecule has 0 bridgehead atoms. The van der Waals surface area contributed by atoms with Crippen LogP contribution in [0.4, 0.5) is 0 Å². The van der Waals surface area contributed by atoms with Crippen molar-refractivity contribution in [3.63, 3.8) is 0 Å². The van der Waals surface area contributed by atoms with Crippen molar-refractivity contribution in [2.24, 2.45) is 105 Å². The number of hydrogen-bond acceptors (Lipinski definition) is 0. The highest BCUT2D eigenvalue weighted by molar-refractivity contribution is 5.17. The van der Waals surface area contributed by atoms with Crippen LogP contribution in [0.1, 0.15) is 154 Å². The van der Waals surface area contributed by atoms with Crippen LogP contribution in [-0.4, -0.2) is 0 Å². The van der Waals surface area contributed by atoms with Crippen molar-refractivity contribution in [2.75, 3.05) is 0 Å². The molecule has 41 heavy (non-hydrogen) atoms. The summed E-state index contributed by atoms with van der Waals surface area (Å²) >= 11 is 0. The van der Waals surface area contributed by atoms with Crippen LogP contribution in [0.25, 0.3) is 0 Å². The molecule has 0 spiro atoms. The lowest BCUT2D eigenvalue weighted by Gasteiger charge is -2.73. The lowest BCUT2D eigenvalue weighted by molar-refractivity contribution is -0.251. The van der Waals surface area contributed by atoms with Gasteiger partial charge in [0.2, 0.25) is 0 Å². The molecule has 5 fully saturated rings. The van der Waals surface area contributed by atoms with E-state index in [1.54, 1.807) is 0 Å². The van der Waals surface area contributed by atoms with E-state index in [2.05, 4.69) is 90.0 Å². The molecular formula is C41H74. The van der Waals surface area contributed by atoms with E-state index in [-0.39, 0.29) is 0 Å². The molecule has 16 unspecified atom stereocenters. The van der Waals surface area contributed by atoms with Crippen LogP contribution in [0.15, 0.2) is 0 Å². The molecule has 16 atom stereocenters. The molecule has 238 valence electrons. The van der Waals surface area contributed by atoms with Crippen LogP contribution >= 0.6 is 0 Å². The predicted molar refractivity (Wildman–Crippen MR) is 180 cm³/mol. The molecule has 0 radical (unpaired) electrons. The Morgan fingerprint density at radius 3 is 2.02 bits per heavy atom. The minimum Gasteiger partial charge on any atom is -0.0625 e. The van der Waals surface area contributed by atoms with Gasteiger partial charge in [-0.25, -0.2) is 0 Å². The first-order chi connectivity index (χ1) is 19.1. The zero-order valence-corrected chi connectivity index (χ0v) is 30.2. The van der Waals surface area contributed by atoms with Crippen molar-refractivity contribution in [3.8, 4) is 0 Å². The van der Waals surface area contributed by atoms with Crippen molar-refractivity contribution >= 4 is 0 Å². The zero-order chi connectivity index (χ0) is 30.2. The molecule has 5 rings (SSSR count). The average molecular weight is 567 g/mol. The fraction of sp³-hybridized carbons (Fsp3) is 1.00. The molecule has 0 heterocycles. The van der Waals surface area contributed by atoms with E-state index in [1.807, 2.05) is 0 Å². The summed E-state index contributed by atoms with van der Waals surface area (Å²) in [5.74, 6) is 13.5. The van der Waals surface area contributed by atoms with E-state index in [4.69, 9.17) is 0 Å². The SMILES string of the molecule is CC1CCCC(CCC2CC(C(C)C)C3CC4(C)CC5(C)CC(C)C(C(C)C)C(C)C5(C)C(C)C4C(C)C3C2C)C1. The summed E-state index contributed by atoms with van der Waals surface area (Å²) in [6.07, 6.45) is 15.1. The van der Waals surface area contributed by atoms with Crippen molar-refractivity contribution < 1.29 is 0 Å². The van der Waals surface area contributed by atoms with Crippen LogP contribution in [-0.2, 0) is 0 Å². The maximum Gasteiger partial charge on any atom is -0.0215 e. The van der Waals surface area contributed by atoms with Crippen molar-refractivity contribution in [1.29, 1.82) is 0 Å². The highest BCUT2D eigenvalue weighted by Crippen LogP contribution is 2.75. The summed E-state index contributed by atoms with van der Waals surface area (Å²) in [7, 11) is 0. The molecule has 0 aromatic carbocycles. The largest absolute Gasteiger partial charge is 0.0625 e. The molecule has 0 aliphatic heterocycles. The molecular weight excluding hydrogens is 492 g/mol. The van der Waals surface area contributed by atoms with Gasteiger partial charge < -0.3 is 0 Å². The zero-order valence-electron chi connectivity index (χ0n) is 30.2. The van der Waals surface area contributed by atoms with E-state index < -0.39 is 0 Å². The molecule has 0 amide bonds. The Morgan fingerprint density at radius 1 is 0.732 bits per heavy atom. The van der Waals surface area contributed by atoms with Crippen molar-refractivity contribution in [2.45, 2.75) is 154 Å². The molecule has 0 heteroatoms. The van der Waals surface area contributed by atoms with Gasteiger partial charge in [-0.3, -0.25) is 0 Å². The fourth-order valence-electron chi connectivity index (χ4n) is 15.3. The Hall–Kier alpha value is 0. The normalized spacial score (nSPS) is 55.8. The summed E-state index contributed by atoms with van der Waals surface area (Å²) in [5.41, 5.74) is 1.43. The van der Waals surface area contributed by atoms with Crippen molar-refractivity contribution in [1.82, 2.24) is 0 Å². The van der Waals surface area contributed by atoms with Gasteiger partial charge in [-0.05, 0) is 144 Å². The second-order valence-electron chi connectivity index (χ2n) is 19.6. The lowest BCUT2D eigenvalue weighted by atomic mass is 9.31. The standard InChI is InChI=1S/C41H74/c1-24(2)34-20-33(18-17-32-16-14-15-26(5)19-32)28(7)37-29(8)38-31(10)41(13)30(9)36(25(3)4)27(6)21-40(41,12)23-39(38,11)22-35(34)37/h24-38H,14-23H2,1-13H3. The first kappa shape index (κ1) is 32.4. The molecule has 5 saturated carbocycles. The van der Waals surface area contributed by atoms with Crippen LogP contribution in [0.3, 0.4) is 0 Å². The minimum absolute atomic E-state index is 0.451. The molecule has 5 aliphatic carbocycles. The van der Waals surface area contributed by atoms with Crippen LogP contribution < -0.4 is 0 Å². The Labute approximate surface area is 258 Å². The first-order valence-electron chi connectivity index (χ1n) is 19.1. The van der Waals surface area contributed by atoms with E-state index in [0.717, 1.165) is 88.8 Å². The Bertz CT molecular complexity index is 900. The maximum atomic E-state index is 2.81. The maximum absolute atomic E-state index is 2.81. The third kappa shape index (κ3) is 5.14. The summed E-state index contributed by atoms with van der Waals surface area (Å²) in [6, 6.07) is 0. The Balaban J connectivity index is 1.45. The second kappa shape index (κ2) is 11.4. The molecule has 0 nitrogen and oxygen atoms in total. The quantitative estimate of drug-likeness (QED) is 0.310. The second-order valence-corrected chi connectivity index (χ2v) is 19.6. The van der Waals surface area contributed by atoms with Gasteiger partial charge in [0.1, 0.15) is 0 Å². The van der Waals surface area contributed by atoms with E-state index in [0.29, 0.717) is 16.2 Å². The van der Waals surface area contributed by atoms with Gasteiger partial charge in [0.15, 0.2) is 0 Å². The van der Waals surface area contributed by atoms with Gasteiger partial charge in [-0.1, -0.05) is 116 Å². The topological polar surface area (TPSA) is 0 Å². The summed E-state index contributed by atoms with van der Waals surface area (Å²) < 4.78 is 0. The molecule has 0 aromatic rings. The lowest BCUT2D eigenvalue weighted by Crippen LogP contribution is -2.67. The van der Waals surface area contributed by atoms with Gasteiger partial charge in [0.25, 0.3) is 0 Å². The number of rotatable bonds is 5. The van der Waals surface area contributed by atoms with Crippen LogP contribution in [0, 0.1) is 105 Å². The van der Waals surface area contributed by atoms with Gasteiger partial charge >= 0.3 is 0 Å². The third-order valence-corrected chi connectivity index (χ3v) is 16.8. The third-order valence-electron chi connectivity index (χ3n) is 16.8. The predicted octanol–water partition coefficient (Wildman–Crippen LogP) is 12.4. The van der Waals surface area contributed by atoms with Crippen LogP contribution in [0.2, 0.25) is 0 Å². The van der Waals surface area contributed by atoms with Gasteiger partial charge in [-0.15, -0.1) is 0 Å². The number of fused-ring (bicyclic) bond motifs is 3.